The fourth-order valence-corrected chi connectivity index (χ4v) is 3.40. The van der Waals surface area contributed by atoms with Gasteiger partial charge < -0.3 is 11.1 Å². The highest BCUT2D eigenvalue weighted by molar-refractivity contribution is 5.90. The molecule has 0 spiro atoms. The van der Waals surface area contributed by atoms with Crippen molar-refractivity contribution in [1.82, 2.24) is 0 Å². The zero-order valence-electron chi connectivity index (χ0n) is 17.6. The molecular weight excluding hydrogens is 332 g/mol. The first-order chi connectivity index (χ1) is 13.3. The minimum atomic E-state index is 0.106. The van der Waals surface area contributed by atoms with E-state index < -0.39 is 0 Å². The summed E-state index contributed by atoms with van der Waals surface area (Å²) >= 11 is 0. The van der Waals surface area contributed by atoms with Crippen molar-refractivity contribution in [3.8, 4) is 0 Å². The number of aryl methyl sites for hydroxylation is 1. The molecule has 1 rings (SSSR count). The lowest BCUT2D eigenvalue weighted by molar-refractivity contribution is -0.116. The van der Waals surface area contributed by atoms with Gasteiger partial charge in [0, 0.05) is 12.1 Å². The number of rotatable bonds is 17. The van der Waals surface area contributed by atoms with Crippen molar-refractivity contribution in [3.05, 3.63) is 29.8 Å². The minimum absolute atomic E-state index is 0.106. The van der Waals surface area contributed by atoms with Crippen molar-refractivity contribution in [1.29, 1.82) is 0 Å². The van der Waals surface area contributed by atoms with E-state index in [9.17, 15) is 4.79 Å². The van der Waals surface area contributed by atoms with Crippen LogP contribution in [0, 0.1) is 0 Å². The van der Waals surface area contributed by atoms with Gasteiger partial charge in [0.15, 0.2) is 0 Å². The molecule has 1 aromatic rings. The average molecular weight is 375 g/mol. The predicted octanol–water partition coefficient (Wildman–Crippen LogP) is 6.61. The van der Waals surface area contributed by atoms with Crippen LogP contribution in [0.15, 0.2) is 24.3 Å². The molecule has 0 aliphatic rings. The smallest absolute Gasteiger partial charge is 0.224 e. The molecule has 0 aromatic heterocycles. The van der Waals surface area contributed by atoms with Crippen molar-refractivity contribution in [2.45, 2.75) is 103 Å². The van der Waals surface area contributed by atoms with Gasteiger partial charge in [-0.1, -0.05) is 83.3 Å². The van der Waals surface area contributed by atoms with Crippen LogP contribution >= 0.6 is 0 Å². The topological polar surface area (TPSA) is 55.1 Å². The molecular formula is C24H42N2O. The van der Waals surface area contributed by atoms with Gasteiger partial charge in [0.25, 0.3) is 0 Å². The van der Waals surface area contributed by atoms with Crippen LogP contribution in [0.2, 0.25) is 0 Å². The van der Waals surface area contributed by atoms with Crippen LogP contribution in [0.3, 0.4) is 0 Å². The second kappa shape index (κ2) is 16.8. The number of hydrogen-bond acceptors (Lipinski definition) is 2. The van der Waals surface area contributed by atoms with Crippen LogP contribution in [-0.4, -0.2) is 12.5 Å². The van der Waals surface area contributed by atoms with Gasteiger partial charge in [-0.15, -0.1) is 0 Å². The van der Waals surface area contributed by atoms with Crippen molar-refractivity contribution >= 4 is 11.6 Å². The van der Waals surface area contributed by atoms with Gasteiger partial charge in [-0.3, -0.25) is 4.79 Å². The highest BCUT2D eigenvalue weighted by atomic mass is 16.1. The highest BCUT2D eigenvalue weighted by Crippen LogP contribution is 2.15. The van der Waals surface area contributed by atoms with E-state index in [-0.39, 0.29) is 5.91 Å². The van der Waals surface area contributed by atoms with E-state index in [2.05, 4.69) is 24.4 Å². The minimum Gasteiger partial charge on any atom is -0.330 e. The molecule has 1 amide bonds. The summed E-state index contributed by atoms with van der Waals surface area (Å²) in [5.74, 6) is 0.106. The zero-order valence-corrected chi connectivity index (χ0v) is 17.6. The molecule has 154 valence electrons. The molecule has 0 bridgehead atoms. The number of anilines is 1. The second-order valence-corrected chi connectivity index (χ2v) is 7.78. The van der Waals surface area contributed by atoms with E-state index in [1.807, 2.05) is 12.1 Å². The normalized spacial score (nSPS) is 10.9. The fourth-order valence-electron chi connectivity index (χ4n) is 3.40. The Balaban J connectivity index is 2.05. The number of hydrogen-bond donors (Lipinski definition) is 2. The molecule has 0 saturated heterocycles. The Bertz CT molecular complexity index is 470. The van der Waals surface area contributed by atoms with Crippen LogP contribution in [0.5, 0.6) is 0 Å². The lowest BCUT2D eigenvalue weighted by Gasteiger charge is -2.07. The Hall–Kier alpha value is -1.35. The van der Waals surface area contributed by atoms with Gasteiger partial charge in [0.2, 0.25) is 5.91 Å². The van der Waals surface area contributed by atoms with Crippen LogP contribution in [0.25, 0.3) is 0 Å². The quantitative estimate of drug-likeness (QED) is 0.301. The summed E-state index contributed by atoms with van der Waals surface area (Å²) in [7, 11) is 0. The summed E-state index contributed by atoms with van der Waals surface area (Å²) < 4.78 is 0. The third-order valence-electron chi connectivity index (χ3n) is 5.16. The maximum atomic E-state index is 11.9. The average Bonchev–Trinajstić information content (AvgIpc) is 2.68. The SMILES string of the molecule is CCCCCCCCCCCCc1ccc(NC(=O)CCCCCN)cc1. The first kappa shape index (κ1) is 23.7. The molecule has 3 heteroatoms. The zero-order chi connectivity index (χ0) is 19.6. The van der Waals surface area contributed by atoms with Crippen LogP contribution in [0.1, 0.15) is 102 Å². The molecule has 0 atom stereocenters. The maximum Gasteiger partial charge on any atom is 0.224 e. The number of nitrogens with one attached hydrogen (secondary N) is 1. The molecule has 0 aliphatic heterocycles. The van der Waals surface area contributed by atoms with Gasteiger partial charge in [-0.25, -0.2) is 0 Å². The number of carbonyl (C=O) groups excluding carboxylic acids is 1. The van der Waals surface area contributed by atoms with Crippen LogP contribution < -0.4 is 11.1 Å². The molecule has 0 aliphatic carbocycles. The van der Waals surface area contributed by atoms with E-state index in [1.165, 1.54) is 69.8 Å². The van der Waals surface area contributed by atoms with E-state index in [0.29, 0.717) is 13.0 Å². The van der Waals surface area contributed by atoms with Crippen molar-refractivity contribution in [2.75, 3.05) is 11.9 Å². The first-order valence-electron chi connectivity index (χ1n) is 11.3. The lowest BCUT2D eigenvalue weighted by Crippen LogP contribution is -2.11. The molecule has 3 N–H and O–H groups in total. The summed E-state index contributed by atoms with van der Waals surface area (Å²) in [5.41, 5.74) is 7.75. The van der Waals surface area contributed by atoms with Crippen molar-refractivity contribution < 1.29 is 4.79 Å². The van der Waals surface area contributed by atoms with E-state index >= 15 is 0 Å². The summed E-state index contributed by atoms with van der Waals surface area (Å²) in [4.78, 5) is 11.9. The molecule has 0 saturated carbocycles. The number of nitrogens with two attached hydrogens (primary N) is 1. The Morgan fingerprint density at radius 3 is 1.93 bits per heavy atom. The Labute approximate surface area is 167 Å². The standard InChI is InChI=1S/C24H42N2O/c1-2-3-4-5-6-7-8-9-10-12-15-22-17-19-23(20-18-22)26-24(27)16-13-11-14-21-25/h17-20H,2-16,21,25H2,1H3,(H,26,27). The van der Waals surface area contributed by atoms with E-state index in [0.717, 1.165) is 31.4 Å². The van der Waals surface area contributed by atoms with Gasteiger partial charge >= 0.3 is 0 Å². The largest absolute Gasteiger partial charge is 0.330 e. The Kier molecular flexibility index (Phi) is 14.7. The van der Waals surface area contributed by atoms with Crippen LogP contribution in [-0.2, 0) is 11.2 Å². The summed E-state index contributed by atoms with van der Waals surface area (Å²) in [6.45, 7) is 2.98. The van der Waals surface area contributed by atoms with Gasteiger partial charge in [0.1, 0.15) is 0 Å². The van der Waals surface area contributed by atoms with Crippen LogP contribution in [0.4, 0.5) is 5.69 Å². The van der Waals surface area contributed by atoms with E-state index in [1.54, 1.807) is 0 Å². The fraction of sp³-hybridized carbons (Fsp3) is 0.708. The monoisotopic (exact) mass is 374 g/mol. The predicted molar refractivity (Wildman–Crippen MR) is 118 cm³/mol. The second-order valence-electron chi connectivity index (χ2n) is 7.78. The summed E-state index contributed by atoms with van der Waals surface area (Å²) in [6.07, 6.45) is 18.4. The van der Waals surface area contributed by atoms with Crippen molar-refractivity contribution in [3.63, 3.8) is 0 Å². The molecule has 3 nitrogen and oxygen atoms in total. The summed E-state index contributed by atoms with van der Waals surface area (Å²) in [6, 6.07) is 8.36. The Morgan fingerprint density at radius 1 is 0.778 bits per heavy atom. The highest BCUT2D eigenvalue weighted by Gasteiger charge is 2.02. The molecule has 27 heavy (non-hydrogen) atoms. The number of carbonyl (C=O) groups is 1. The number of benzene rings is 1. The van der Waals surface area contributed by atoms with Crippen molar-refractivity contribution in [2.24, 2.45) is 5.73 Å². The van der Waals surface area contributed by atoms with Gasteiger partial charge in [-0.2, -0.15) is 0 Å². The lowest BCUT2D eigenvalue weighted by atomic mass is 10.0. The molecule has 0 radical (unpaired) electrons. The third kappa shape index (κ3) is 13.5. The first-order valence-corrected chi connectivity index (χ1v) is 11.3. The number of unbranched alkanes of at least 4 members (excludes halogenated alkanes) is 11. The third-order valence-corrected chi connectivity index (χ3v) is 5.16. The Morgan fingerprint density at radius 2 is 1.33 bits per heavy atom. The molecule has 0 unspecified atom stereocenters. The molecule has 0 fully saturated rings. The maximum absolute atomic E-state index is 11.9. The van der Waals surface area contributed by atoms with Gasteiger partial charge in [0.05, 0.1) is 0 Å². The van der Waals surface area contributed by atoms with Gasteiger partial charge in [-0.05, 0) is 49.9 Å². The molecule has 1 aromatic carbocycles. The molecule has 0 heterocycles. The summed E-state index contributed by atoms with van der Waals surface area (Å²) in [5, 5.41) is 2.98. The number of amides is 1. The van der Waals surface area contributed by atoms with E-state index in [4.69, 9.17) is 5.73 Å².